The van der Waals surface area contributed by atoms with Gasteiger partial charge in [-0.1, -0.05) is 26.2 Å². The Morgan fingerprint density at radius 1 is 1.33 bits per heavy atom. The lowest BCUT2D eigenvalue weighted by Gasteiger charge is -2.46. The summed E-state index contributed by atoms with van der Waals surface area (Å²) in [6, 6.07) is -0.686. The van der Waals surface area contributed by atoms with E-state index in [0.717, 1.165) is 25.7 Å². The summed E-state index contributed by atoms with van der Waals surface area (Å²) < 4.78 is 0. The Morgan fingerprint density at radius 3 is 2.50 bits per heavy atom. The lowest BCUT2D eigenvalue weighted by Crippen LogP contribution is -2.67. The molecular weight excluding hydrogens is 232 g/mol. The smallest absolute Gasteiger partial charge is 0.277 e. The molecule has 1 aliphatic heterocycles. The Balaban J connectivity index is 2.16. The average Bonchev–Trinajstić information content (AvgIpc) is 2.23. The Labute approximate surface area is 107 Å². The van der Waals surface area contributed by atoms with Crippen LogP contribution in [0.5, 0.6) is 0 Å². The van der Waals surface area contributed by atoms with Crippen LogP contribution in [0.4, 0.5) is 4.79 Å². The van der Waals surface area contributed by atoms with Crippen LogP contribution in [0.15, 0.2) is 0 Å². The Bertz CT molecular complexity index is 388. The minimum atomic E-state index is -0.936. The standard InChI is InChI=1S/C13H20N2O3/c1-3-4-6-9(2)15-11(17)13(7-5-8-13)10(16)14-12(15)18/h9H,3-8H2,1-2H3,(H,14,16,18). The van der Waals surface area contributed by atoms with Crippen LogP contribution in [0.2, 0.25) is 0 Å². The van der Waals surface area contributed by atoms with E-state index in [1.54, 1.807) is 0 Å². The normalized spacial score (nSPS) is 23.9. The van der Waals surface area contributed by atoms with Crippen molar-refractivity contribution in [3.05, 3.63) is 0 Å². The molecule has 1 N–H and O–H groups in total. The highest BCUT2D eigenvalue weighted by Crippen LogP contribution is 2.44. The average molecular weight is 252 g/mol. The van der Waals surface area contributed by atoms with E-state index in [1.165, 1.54) is 4.90 Å². The van der Waals surface area contributed by atoms with Crippen LogP contribution in [-0.4, -0.2) is 28.8 Å². The molecule has 0 aromatic heterocycles. The Hall–Kier alpha value is -1.39. The number of nitrogens with one attached hydrogen (secondary N) is 1. The molecule has 1 spiro atoms. The van der Waals surface area contributed by atoms with Crippen molar-refractivity contribution in [2.75, 3.05) is 0 Å². The molecule has 0 radical (unpaired) electrons. The molecule has 1 heterocycles. The maximum Gasteiger partial charge on any atom is 0.331 e. The second-order valence-electron chi connectivity index (χ2n) is 5.36. The van der Waals surface area contributed by atoms with Crippen molar-refractivity contribution in [3.8, 4) is 0 Å². The third-order valence-electron chi connectivity index (χ3n) is 4.13. The molecule has 1 atom stereocenters. The number of urea groups is 1. The predicted molar refractivity (Wildman–Crippen MR) is 65.7 cm³/mol. The minimum Gasteiger partial charge on any atom is -0.277 e. The molecule has 0 aromatic carbocycles. The predicted octanol–water partition coefficient (Wildman–Crippen LogP) is 1.81. The molecule has 2 aliphatic rings. The highest BCUT2D eigenvalue weighted by Gasteiger charge is 2.57. The first-order chi connectivity index (χ1) is 8.53. The van der Waals surface area contributed by atoms with Crippen LogP contribution in [-0.2, 0) is 9.59 Å². The molecule has 100 valence electrons. The summed E-state index contributed by atoms with van der Waals surface area (Å²) in [5.41, 5.74) is -0.936. The van der Waals surface area contributed by atoms with Gasteiger partial charge in [0.15, 0.2) is 0 Å². The van der Waals surface area contributed by atoms with Crippen molar-refractivity contribution in [2.45, 2.75) is 58.4 Å². The topological polar surface area (TPSA) is 66.5 Å². The van der Waals surface area contributed by atoms with Crippen LogP contribution < -0.4 is 5.32 Å². The number of imide groups is 2. The van der Waals surface area contributed by atoms with Gasteiger partial charge in [-0.25, -0.2) is 4.79 Å². The van der Waals surface area contributed by atoms with E-state index < -0.39 is 17.4 Å². The van der Waals surface area contributed by atoms with Gasteiger partial charge in [0, 0.05) is 6.04 Å². The monoisotopic (exact) mass is 252 g/mol. The molecular formula is C13H20N2O3. The van der Waals surface area contributed by atoms with Crippen LogP contribution in [0.3, 0.4) is 0 Å². The lowest BCUT2D eigenvalue weighted by molar-refractivity contribution is -0.159. The number of carbonyl (C=O) groups is 3. The summed E-state index contributed by atoms with van der Waals surface area (Å²) >= 11 is 0. The number of barbiturate groups is 1. The molecule has 0 bridgehead atoms. The maximum atomic E-state index is 12.4. The van der Waals surface area contributed by atoms with Crippen molar-refractivity contribution >= 4 is 17.8 Å². The van der Waals surface area contributed by atoms with Crippen molar-refractivity contribution in [2.24, 2.45) is 5.41 Å². The van der Waals surface area contributed by atoms with Gasteiger partial charge in [-0.05, 0) is 26.2 Å². The number of nitrogens with zero attached hydrogens (tertiary/aromatic N) is 1. The second-order valence-corrected chi connectivity index (χ2v) is 5.36. The van der Waals surface area contributed by atoms with Gasteiger partial charge in [0.05, 0.1) is 0 Å². The van der Waals surface area contributed by atoms with Gasteiger partial charge in [0.25, 0.3) is 0 Å². The molecule has 1 unspecified atom stereocenters. The molecule has 5 nitrogen and oxygen atoms in total. The van der Waals surface area contributed by atoms with Gasteiger partial charge >= 0.3 is 6.03 Å². The zero-order valence-electron chi connectivity index (χ0n) is 11.0. The molecule has 1 saturated carbocycles. The largest absolute Gasteiger partial charge is 0.331 e. The van der Waals surface area contributed by atoms with E-state index in [-0.39, 0.29) is 11.9 Å². The second kappa shape index (κ2) is 4.71. The van der Waals surface area contributed by atoms with E-state index in [9.17, 15) is 14.4 Å². The van der Waals surface area contributed by atoms with Crippen LogP contribution >= 0.6 is 0 Å². The molecule has 1 saturated heterocycles. The number of rotatable bonds is 4. The van der Waals surface area contributed by atoms with Gasteiger partial charge in [-0.15, -0.1) is 0 Å². The lowest BCUT2D eigenvalue weighted by atomic mass is 9.66. The number of hydrogen-bond donors (Lipinski definition) is 1. The van der Waals surface area contributed by atoms with Crippen molar-refractivity contribution in [1.82, 2.24) is 10.2 Å². The van der Waals surface area contributed by atoms with Gasteiger partial charge in [-0.3, -0.25) is 19.8 Å². The summed E-state index contributed by atoms with van der Waals surface area (Å²) in [6.07, 6.45) is 4.81. The van der Waals surface area contributed by atoms with Gasteiger partial charge in [-0.2, -0.15) is 0 Å². The van der Waals surface area contributed by atoms with E-state index in [2.05, 4.69) is 12.2 Å². The summed E-state index contributed by atoms with van der Waals surface area (Å²) in [7, 11) is 0. The summed E-state index contributed by atoms with van der Waals surface area (Å²) in [5.74, 6) is -0.686. The third-order valence-corrected chi connectivity index (χ3v) is 4.13. The molecule has 4 amide bonds. The maximum absolute atomic E-state index is 12.4. The molecule has 1 aliphatic carbocycles. The number of hydrogen-bond acceptors (Lipinski definition) is 3. The van der Waals surface area contributed by atoms with Gasteiger partial charge in [0.2, 0.25) is 11.8 Å². The number of unbranched alkanes of at least 4 members (excludes halogenated alkanes) is 1. The highest BCUT2D eigenvalue weighted by molar-refractivity contribution is 6.19. The fourth-order valence-electron chi connectivity index (χ4n) is 2.70. The summed E-state index contributed by atoms with van der Waals surface area (Å²) in [4.78, 5) is 37.3. The van der Waals surface area contributed by atoms with Crippen molar-refractivity contribution in [1.29, 1.82) is 0 Å². The summed E-state index contributed by atoms with van der Waals surface area (Å²) in [6.45, 7) is 3.94. The van der Waals surface area contributed by atoms with E-state index in [1.807, 2.05) is 6.92 Å². The summed E-state index contributed by atoms with van der Waals surface area (Å²) in [5, 5.41) is 2.34. The first kappa shape index (κ1) is 13.1. The van der Waals surface area contributed by atoms with Crippen LogP contribution in [0.1, 0.15) is 52.4 Å². The molecule has 5 heteroatoms. The van der Waals surface area contributed by atoms with E-state index >= 15 is 0 Å². The molecule has 2 fully saturated rings. The Kier molecular flexibility index (Phi) is 3.41. The fraction of sp³-hybridized carbons (Fsp3) is 0.769. The highest BCUT2D eigenvalue weighted by atomic mass is 16.2. The molecule has 0 aromatic rings. The van der Waals surface area contributed by atoms with Crippen molar-refractivity contribution < 1.29 is 14.4 Å². The first-order valence-electron chi connectivity index (χ1n) is 6.72. The van der Waals surface area contributed by atoms with E-state index in [0.29, 0.717) is 12.8 Å². The van der Waals surface area contributed by atoms with Crippen LogP contribution in [0, 0.1) is 5.41 Å². The van der Waals surface area contributed by atoms with Crippen molar-refractivity contribution in [3.63, 3.8) is 0 Å². The Morgan fingerprint density at radius 2 is 2.00 bits per heavy atom. The number of amides is 4. The quantitative estimate of drug-likeness (QED) is 0.776. The zero-order valence-corrected chi connectivity index (χ0v) is 11.0. The SMILES string of the molecule is CCCCC(C)N1C(=O)NC(=O)C2(CCC2)C1=O. The molecule has 2 rings (SSSR count). The third kappa shape index (κ3) is 1.82. The van der Waals surface area contributed by atoms with Gasteiger partial charge < -0.3 is 0 Å². The first-order valence-corrected chi connectivity index (χ1v) is 6.72. The van der Waals surface area contributed by atoms with E-state index in [4.69, 9.17) is 0 Å². The zero-order chi connectivity index (χ0) is 13.3. The number of carbonyl (C=O) groups excluding carboxylic acids is 3. The minimum absolute atomic E-state index is 0.136. The van der Waals surface area contributed by atoms with Gasteiger partial charge in [0.1, 0.15) is 5.41 Å². The molecule has 18 heavy (non-hydrogen) atoms. The fourth-order valence-corrected chi connectivity index (χ4v) is 2.70. The van der Waals surface area contributed by atoms with Crippen LogP contribution in [0.25, 0.3) is 0 Å².